The molecule has 6 heteroatoms. The Hall–Kier alpha value is -0.610. The van der Waals surface area contributed by atoms with Crippen LogP contribution in [-0.2, 0) is 9.84 Å². The van der Waals surface area contributed by atoms with Gasteiger partial charge in [0.2, 0.25) is 9.84 Å². The lowest BCUT2D eigenvalue weighted by atomic mass is 10.2. The molecular weight excluding hydrogens is 512 g/mol. The largest absolute Gasteiger partial charge is 0.344 e. The van der Waals surface area contributed by atoms with E-state index >= 15 is 0 Å². The Balaban J connectivity index is 2.27. The molecule has 0 spiro atoms. The van der Waals surface area contributed by atoms with Crippen LogP contribution in [0.3, 0.4) is 0 Å². The van der Waals surface area contributed by atoms with Gasteiger partial charge in [0.25, 0.3) is 0 Å². The summed E-state index contributed by atoms with van der Waals surface area (Å²) in [5.41, 5.74) is 1.88. The predicted octanol–water partition coefficient (Wildman–Crippen LogP) is 4.52. The number of halogens is 2. The number of nitrogens with one attached hydrogen (secondary N) is 1. The average Bonchev–Trinajstić information content (AvgIpc) is 2.79. The van der Waals surface area contributed by atoms with Gasteiger partial charge in [0.05, 0.1) is 8.47 Å². The van der Waals surface area contributed by atoms with E-state index in [1.807, 2.05) is 37.3 Å². The second-order valence-corrected chi connectivity index (χ2v) is 8.87. The van der Waals surface area contributed by atoms with Gasteiger partial charge in [0.15, 0.2) is 5.03 Å². The number of aromatic nitrogens is 1. The summed E-state index contributed by atoms with van der Waals surface area (Å²) in [6.45, 7) is 1.94. The monoisotopic (exact) mass is 523 g/mol. The van der Waals surface area contributed by atoms with Gasteiger partial charge in [-0.15, -0.1) is 0 Å². The Labute approximate surface area is 150 Å². The topological polar surface area (TPSA) is 49.9 Å². The lowest BCUT2D eigenvalue weighted by molar-refractivity contribution is 0.593. The van der Waals surface area contributed by atoms with Crippen LogP contribution in [0, 0.1) is 14.1 Å². The molecule has 0 aliphatic rings. The van der Waals surface area contributed by atoms with E-state index in [-0.39, 0.29) is 5.03 Å². The Morgan fingerprint density at radius 2 is 1.67 bits per heavy atom. The normalized spacial score (nSPS) is 12.0. The van der Waals surface area contributed by atoms with Crippen molar-refractivity contribution in [3.05, 3.63) is 55.2 Å². The summed E-state index contributed by atoms with van der Waals surface area (Å²) < 4.78 is 27.4. The summed E-state index contributed by atoms with van der Waals surface area (Å²) in [5, 5.41) is 1.23. The number of aromatic amines is 1. The van der Waals surface area contributed by atoms with Crippen LogP contribution in [-0.4, -0.2) is 13.4 Å². The van der Waals surface area contributed by atoms with E-state index in [0.717, 1.165) is 23.6 Å². The van der Waals surface area contributed by atoms with Crippen LogP contribution in [0.25, 0.3) is 10.9 Å². The molecular formula is C15H11I2NO2S. The molecule has 1 aromatic heterocycles. The van der Waals surface area contributed by atoms with Crippen molar-refractivity contribution in [3.63, 3.8) is 0 Å². The molecule has 3 aromatic rings. The first kappa shape index (κ1) is 15.3. The first-order chi connectivity index (χ1) is 9.91. The lowest BCUT2D eigenvalue weighted by Gasteiger charge is -2.03. The summed E-state index contributed by atoms with van der Waals surface area (Å²) in [5.74, 6) is 0. The third-order valence-electron chi connectivity index (χ3n) is 3.28. The number of hydrogen-bond acceptors (Lipinski definition) is 2. The van der Waals surface area contributed by atoms with Crippen molar-refractivity contribution in [2.75, 3.05) is 0 Å². The van der Waals surface area contributed by atoms with Crippen LogP contribution in [0.15, 0.2) is 52.4 Å². The van der Waals surface area contributed by atoms with Crippen molar-refractivity contribution < 1.29 is 8.42 Å². The number of sulfone groups is 1. The van der Waals surface area contributed by atoms with E-state index in [2.05, 4.69) is 50.2 Å². The van der Waals surface area contributed by atoms with Crippen molar-refractivity contribution >= 4 is 65.9 Å². The van der Waals surface area contributed by atoms with Crippen molar-refractivity contribution in [1.82, 2.24) is 4.98 Å². The third kappa shape index (κ3) is 2.61. The van der Waals surface area contributed by atoms with Crippen molar-refractivity contribution in [3.8, 4) is 0 Å². The van der Waals surface area contributed by atoms with E-state index in [0.29, 0.717) is 4.90 Å². The fourth-order valence-corrected chi connectivity index (χ4v) is 6.34. The number of aryl methyl sites for hydroxylation is 1. The molecule has 0 atom stereocenters. The van der Waals surface area contributed by atoms with Crippen LogP contribution in [0.4, 0.5) is 0 Å². The van der Waals surface area contributed by atoms with Gasteiger partial charge >= 0.3 is 0 Å². The summed E-state index contributed by atoms with van der Waals surface area (Å²) >= 11 is 4.33. The molecule has 0 unspecified atom stereocenters. The number of rotatable bonds is 2. The Morgan fingerprint density at radius 3 is 2.29 bits per heavy atom. The number of H-pyrrole nitrogens is 1. The molecule has 2 aromatic carbocycles. The van der Waals surface area contributed by atoms with Gasteiger partial charge < -0.3 is 4.98 Å². The molecule has 0 fully saturated rings. The minimum absolute atomic E-state index is 0.270. The van der Waals surface area contributed by atoms with Crippen molar-refractivity contribution in [2.24, 2.45) is 0 Å². The summed E-state index contributed by atoms with van der Waals surface area (Å²) in [6, 6.07) is 12.7. The van der Waals surface area contributed by atoms with Gasteiger partial charge in [-0.3, -0.25) is 0 Å². The number of fused-ring (bicyclic) bond motifs is 1. The van der Waals surface area contributed by atoms with E-state index in [1.165, 1.54) is 0 Å². The molecule has 0 aliphatic carbocycles. The van der Waals surface area contributed by atoms with Crippen LogP contribution in [0.2, 0.25) is 0 Å². The Kier molecular flexibility index (Phi) is 4.04. The Morgan fingerprint density at radius 1 is 1.00 bits per heavy atom. The first-order valence-electron chi connectivity index (χ1n) is 6.18. The molecule has 0 bridgehead atoms. The smallest absolute Gasteiger partial charge is 0.222 e. The molecule has 3 rings (SSSR count). The zero-order valence-corrected chi connectivity index (χ0v) is 16.2. The summed E-state index contributed by atoms with van der Waals surface area (Å²) in [4.78, 5) is 3.37. The van der Waals surface area contributed by atoms with Crippen LogP contribution >= 0.6 is 45.2 Å². The minimum atomic E-state index is -3.53. The predicted molar refractivity (Wildman–Crippen MR) is 100 cm³/mol. The Bertz CT molecular complexity index is 928. The average molecular weight is 523 g/mol. The standard InChI is InChI=1S/C15H11I2NO2S/c1-9-5-7-10(8-6-9)21(19,20)15-14(17)13-11(16)3-2-4-12(13)18-15/h2-8,18H,1H3. The number of hydrogen-bond donors (Lipinski definition) is 1. The molecule has 108 valence electrons. The summed E-state index contributed by atoms with van der Waals surface area (Å²) in [7, 11) is -3.53. The highest BCUT2D eigenvalue weighted by Gasteiger charge is 2.25. The molecule has 1 N–H and O–H groups in total. The van der Waals surface area contributed by atoms with Gasteiger partial charge in [0.1, 0.15) is 0 Å². The molecule has 0 saturated carbocycles. The molecule has 0 amide bonds. The molecule has 21 heavy (non-hydrogen) atoms. The van der Waals surface area contributed by atoms with Gasteiger partial charge in [-0.05, 0) is 76.4 Å². The van der Waals surface area contributed by atoms with Crippen LogP contribution in [0.1, 0.15) is 5.56 Å². The van der Waals surface area contributed by atoms with E-state index in [9.17, 15) is 8.42 Å². The molecule has 0 radical (unpaired) electrons. The van der Waals surface area contributed by atoms with Crippen LogP contribution < -0.4 is 0 Å². The minimum Gasteiger partial charge on any atom is -0.344 e. The second kappa shape index (κ2) is 5.54. The van der Waals surface area contributed by atoms with E-state index < -0.39 is 9.84 Å². The van der Waals surface area contributed by atoms with Gasteiger partial charge in [0, 0.05) is 14.5 Å². The van der Waals surface area contributed by atoms with E-state index in [1.54, 1.807) is 12.1 Å². The number of benzene rings is 2. The SMILES string of the molecule is Cc1ccc(S(=O)(=O)c2[nH]c3cccc(I)c3c2I)cc1. The zero-order valence-electron chi connectivity index (χ0n) is 11.0. The maximum atomic E-state index is 12.8. The maximum Gasteiger partial charge on any atom is 0.222 e. The molecule has 3 nitrogen and oxygen atoms in total. The van der Waals surface area contributed by atoms with Gasteiger partial charge in [-0.1, -0.05) is 23.8 Å². The fourth-order valence-electron chi connectivity index (χ4n) is 2.16. The lowest BCUT2D eigenvalue weighted by Crippen LogP contribution is -2.04. The van der Waals surface area contributed by atoms with E-state index in [4.69, 9.17) is 0 Å². The second-order valence-electron chi connectivity index (χ2n) is 4.75. The van der Waals surface area contributed by atoms with Crippen LogP contribution in [0.5, 0.6) is 0 Å². The molecule has 1 heterocycles. The molecule has 0 saturated heterocycles. The molecule has 0 aliphatic heterocycles. The first-order valence-corrected chi connectivity index (χ1v) is 9.83. The summed E-state index contributed by atoms with van der Waals surface area (Å²) in [6.07, 6.45) is 0. The third-order valence-corrected chi connectivity index (χ3v) is 7.36. The highest BCUT2D eigenvalue weighted by molar-refractivity contribution is 14.1. The highest BCUT2D eigenvalue weighted by Crippen LogP contribution is 2.33. The van der Waals surface area contributed by atoms with Gasteiger partial charge in [-0.2, -0.15) is 0 Å². The van der Waals surface area contributed by atoms with Crippen molar-refractivity contribution in [1.29, 1.82) is 0 Å². The quantitative estimate of drug-likeness (QED) is 0.503. The highest BCUT2D eigenvalue weighted by atomic mass is 127. The van der Waals surface area contributed by atoms with Gasteiger partial charge in [-0.25, -0.2) is 8.42 Å². The maximum absolute atomic E-state index is 12.8. The fraction of sp³-hybridized carbons (Fsp3) is 0.0667. The van der Waals surface area contributed by atoms with Crippen molar-refractivity contribution in [2.45, 2.75) is 16.8 Å². The zero-order chi connectivity index (χ0) is 15.2.